The lowest BCUT2D eigenvalue weighted by atomic mass is 10.3. The van der Waals surface area contributed by atoms with E-state index in [1.165, 1.54) is 32.1 Å². The van der Waals surface area contributed by atoms with Gasteiger partial charge in [-0.25, -0.2) is 5.01 Å². The summed E-state index contributed by atoms with van der Waals surface area (Å²) in [6, 6.07) is 0.807. The molecule has 1 aliphatic rings. The van der Waals surface area contributed by atoms with Crippen molar-refractivity contribution in [3.63, 3.8) is 0 Å². The Hall–Kier alpha value is -0.0800. The first kappa shape index (κ1) is 10.0. The maximum absolute atomic E-state index is 4.60. The summed E-state index contributed by atoms with van der Waals surface area (Å²) >= 11 is 0. The first-order chi connectivity index (χ1) is 5.88. The normalized spacial score (nSPS) is 17.2. The molecule has 0 amide bonds. The van der Waals surface area contributed by atoms with Crippen molar-refractivity contribution in [2.75, 3.05) is 13.1 Å². The van der Waals surface area contributed by atoms with Gasteiger partial charge < -0.3 is 0 Å². The monoisotopic (exact) mass is 169 g/mol. The lowest BCUT2D eigenvalue weighted by molar-refractivity contribution is 0.168. The van der Waals surface area contributed by atoms with Crippen LogP contribution in [0.3, 0.4) is 0 Å². The highest BCUT2D eigenvalue weighted by molar-refractivity contribution is 4.81. The third-order valence-electron chi connectivity index (χ3n) is 2.21. The Morgan fingerprint density at radius 2 is 2.00 bits per heavy atom. The second-order valence-corrected chi connectivity index (χ2v) is 3.61. The van der Waals surface area contributed by atoms with E-state index in [2.05, 4.69) is 24.3 Å². The molecular weight excluding hydrogens is 148 g/mol. The molecule has 2 heteroatoms. The summed E-state index contributed by atoms with van der Waals surface area (Å²) in [5.74, 6) is 0. The lowest BCUT2D eigenvalue weighted by Crippen LogP contribution is -2.35. The van der Waals surface area contributed by atoms with E-state index in [4.69, 9.17) is 0 Å². The average molecular weight is 169 g/mol. The number of unbranched alkanes of at least 4 members (excludes halogenated alkanes) is 1. The van der Waals surface area contributed by atoms with Crippen LogP contribution >= 0.6 is 0 Å². The summed E-state index contributed by atoms with van der Waals surface area (Å²) in [5.41, 5.74) is 4.60. The predicted molar refractivity (Wildman–Crippen MR) is 51.9 cm³/mol. The molecule has 0 unspecified atom stereocenters. The van der Waals surface area contributed by atoms with Crippen molar-refractivity contribution >= 4 is 0 Å². The largest absolute Gasteiger partial charge is 0.224 e. The van der Waals surface area contributed by atoms with Crippen LogP contribution in [0.25, 0.3) is 0 Å². The molecule has 0 heterocycles. The third kappa shape index (κ3) is 3.55. The fourth-order valence-corrected chi connectivity index (χ4v) is 1.33. The molecule has 0 spiro atoms. The summed E-state index contributed by atoms with van der Waals surface area (Å²) < 4.78 is 0. The summed E-state index contributed by atoms with van der Waals surface area (Å²) in [5, 5.41) is 2.32. The predicted octanol–water partition coefficient (Wildman–Crippen LogP) is 2.18. The maximum Gasteiger partial charge on any atom is 0.0306 e. The zero-order chi connectivity index (χ0) is 8.81. The fraction of sp³-hybridized carbons (Fsp3) is 1.00. The van der Waals surface area contributed by atoms with E-state index in [9.17, 15) is 0 Å². The van der Waals surface area contributed by atoms with Gasteiger partial charge in [0.05, 0.1) is 0 Å². The second-order valence-electron chi connectivity index (χ2n) is 3.61. The van der Waals surface area contributed by atoms with Gasteiger partial charge in [-0.15, -0.1) is 0 Å². The topological polar surface area (TPSA) is 17.3 Å². The Balaban J connectivity index is 2.05. The molecule has 0 aliphatic heterocycles. The van der Waals surface area contributed by atoms with Gasteiger partial charge in [0.15, 0.2) is 0 Å². The van der Waals surface area contributed by atoms with Crippen LogP contribution in [0.1, 0.15) is 46.0 Å². The molecule has 12 heavy (non-hydrogen) atoms. The molecule has 0 N–H and O–H groups in total. The number of rotatable bonds is 7. The lowest BCUT2D eigenvalue weighted by Gasteiger charge is -2.19. The highest BCUT2D eigenvalue weighted by atomic mass is 15.5. The number of hydrogen-bond donors (Lipinski definition) is 0. The number of hydrogen-bond acceptors (Lipinski definition) is 1. The molecule has 0 aromatic rings. The molecule has 0 saturated heterocycles. The highest BCUT2D eigenvalue weighted by Crippen LogP contribution is 2.25. The standard InChI is InChI=1S/C10H21N2/c1-3-5-8-11-12(9-4-2)10-6-7-10/h10H,3-9H2,1-2H3. The minimum Gasteiger partial charge on any atom is -0.224 e. The van der Waals surface area contributed by atoms with Crippen LogP contribution < -0.4 is 5.43 Å². The quantitative estimate of drug-likeness (QED) is 0.422. The first-order valence-corrected chi connectivity index (χ1v) is 5.32. The van der Waals surface area contributed by atoms with Gasteiger partial charge in [-0.2, -0.15) is 5.43 Å². The second kappa shape index (κ2) is 5.55. The molecule has 0 atom stereocenters. The van der Waals surface area contributed by atoms with Gasteiger partial charge >= 0.3 is 0 Å². The Kier molecular flexibility index (Phi) is 4.62. The molecule has 0 aromatic heterocycles. The van der Waals surface area contributed by atoms with Gasteiger partial charge in [0.25, 0.3) is 0 Å². The van der Waals surface area contributed by atoms with Crippen molar-refractivity contribution in [3.8, 4) is 0 Å². The Morgan fingerprint density at radius 3 is 2.50 bits per heavy atom. The summed E-state index contributed by atoms with van der Waals surface area (Å²) in [7, 11) is 0. The Morgan fingerprint density at radius 1 is 1.25 bits per heavy atom. The summed E-state index contributed by atoms with van der Waals surface area (Å²) in [4.78, 5) is 0. The molecule has 1 radical (unpaired) electrons. The van der Waals surface area contributed by atoms with Crippen LogP contribution in [0.2, 0.25) is 0 Å². The van der Waals surface area contributed by atoms with E-state index in [-0.39, 0.29) is 0 Å². The maximum atomic E-state index is 4.60. The number of nitrogens with zero attached hydrogens (tertiary/aromatic N) is 2. The van der Waals surface area contributed by atoms with Gasteiger partial charge in [0.2, 0.25) is 0 Å². The average Bonchev–Trinajstić information content (AvgIpc) is 2.86. The fourth-order valence-electron chi connectivity index (χ4n) is 1.33. The molecule has 1 aliphatic carbocycles. The van der Waals surface area contributed by atoms with E-state index in [1.54, 1.807) is 0 Å². The van der Waals surface area contributed by atoms with Gasteiger partial charge in [-0.3, -0.25) is 0 Å². The van der Waals surface area contributed by atoms with Crippen molar-refractivity contribution in [2.45, 2.75) is 52.0 Å². The molecule has 71 valence electrons. The van der Waals surface area contributed by atoms with Crippen LogP contribution in [-0.2, 0) is 0 Å². The van der Waals surface area contributed by atoms with Crippen LogP contribution in [0.4, 0.5) is 0 Å². The van der Waals surface area contributed by atoms with Crippen molar-refractivity contribution in [2.24, 2.45) is 0 Å². The highest BCUT2D eigenvalue weighted by Gasteiger charge is 2.28. The van der Waals surface area contributed by atoms with Crippen LogP contribution in [-0.4, -0.2) is 24.1 Å². The van der Waals surface area contributed by atoms with E-state index < -0.39 is 0 Å². The van der Waals surface area contributed by atoms with Crippen molar-refractivity contribution in [1.82, 2.24) is 10.4 Å². The zero-order valence-electron chi connectivity index (χ0n) is 8.42. The molecule has 2 nitrogen and oxygen atoms in total. The molecule has 0 aromatic carbocycles. The summed E-state index contributed by atoms with van der Waals surface area (Å²) in [6.07, 6.45) is 6.47. The third-order valence-corrected chi connectivity index (χ3v) is 2.21. The smallest absolute Gasteiger partial charge is 0.0306 e. The minimum atomic E-state index is 0.807. The van der Waals surface area contributed by atoms with Gasteiger partial charge in [-0.1, -0.05) is 20.3 Å². The van der Waals surface area contributed by atoms with E-state index in [1.807, 2.05) is 0 Å². The van der Waals surface area contributed by atoms with Crippen LogP contribution in [0.5, 0.6) is 0 Å². The zero-order valence-corrected chi connectivity index (χ0v) is 8.42. The molecular formula is C10H21N2. The Labute approximate surface area is 76.3 Å². The molecule has 1 rings (SSSR count). The van der Waals surface area contributed by atoms with Crippen LogP contribution in [0, 0.1) is 0 Å². The SMILES string of the molecule is CCCC[N]N(CCC)C1CC1. The minimum absolute atomic E-state index is 0.807. The van der Waals surface area contributed by atoms with Crippen molar-refractivity contribution in [1.29, 1.82) is 0 Å². The first-order valence-electron chi connectivity index (χ1n) is 5.32. The van der Waals surface area contributed by atoms with E-state index in [0.29, 0.717) is 0 Å². The molecule has 1 saturated carbocycles. The van der Waals surface area contributed by atoms with Gasteiger partial charge in [0.1, 0.15) is 0 Å². The van der Waals surface area contributed by atoms with E-state index >= 15 is 0 Å². The van der Waals surface area contributed by atoms with Gasteiger partial charge in [0, 0.05) is 19.1 Å². The summed E-state index contributed by atoms with van der Waals surface area (Å²) in [6.45, 7) is 6.64. The van der Waals surface area contributed by atoms with Crippen LogP contribution in [0.15, 0.2) is 0 Å². The van der Waals surface area contributed by atoms with Gasteiger partial charge in [-0.05, 0) is 25.7 Å². The van der Waals surface area contributed by atoms with Crippen molar-refractivity contribution < 1.29 is 0 Å². The molecule has 1 fully saturated rings. The van der Waals surface area contributed by atoms with Crippen molar-refractivity contribution in [3.05, 3.63) is 0 Å². The van der Waals surface area contributed by atoms with E-state index in [0.717, 1.165) is 19.1 Å². The molecule has 0 bridgehead atoms. The Bertz CT molecular complexity index is 110.